The van der Waals surface area contributed by atoms with Gasteiger partial charge in [0, 0.05) is 10.7 Å². The number of carbonyl (C=O) groups is 2. The van der Waals surface area contributed by atoms with Gasteiger partial charge < -0.3 is 14.8 Å². The number of hydrogen-bond donors (Lipinski definition) is 1. The third-order valence-corrected chi connectivity index (χ3v) is 3.74. The maximum Gasteiger partial charge on any atom is 0.347 e. The number of esters is 1. The highest BCUT2D eigenvalue weighted by molar-refractivity contribution is 6.35. The molecule has 0 bridgehead atoms. The highest BCUT2D eigenvalue weighted by Gasteiger charge is 2.19. The van der Waals surface area contributed by atoms with Crippen molar-refractivity contribution in [3.63, 3.8) is 0 Å². The van der Waals surface area contributed by atoms with Crippen molar-refractivity contribution in [1.82, 2.24) is 0 Å². The Hall–Kier alpha value is -2.24. The molecule has 5 nitrogen and oxygen atoms in total. The summed E-state index contributed by atoms with van der Waals surface area (Å²) in [5.74, 6) is -0.807. The Morgan fingerprint density at radius 1 is 1.12 bits per heavy atom. The molecule has 2 aromatic rings. The molecule has 0 fully saturated rings. The van der Waals surface area contributed by atoms with Crippen LogP contribution in [-0.4, -0.2) is 24.6 Å². The predicted molar refractivity (Wildman–Crippen MR) is 97.3 cm³/mol. The van der Waals surface area contributed by atoms with Gasteiger partial charge in [-0.2, -0.15) is 0 Å². The van der Waals surface area contributed by atoms with Crippen LogP contribution in [0.5, 0.6) is 5.75 Å². The van der Waals surface area contributed by atoms with Crippen LogP contribution in [0.4, 0.5) is 5.69 Å². The number of benzene rings is 2. The summed E-state index contributed by atoms with van der Waals surface area (Å²) in [7, 11) is 0. The fraction of sp³-hybridized carbons (Fsp3) is 0.222. The Kier molecular flexibility index (Phi) is 6.67. The summed E-state index contributed by atoms with van der Waals surface area (Å²) in [6.45, 7) is 3.04. The van der Waals surface area contributed by atoms with E-state index in [1.165, 1.54) is 13.0 Å². The monoisotopic (exact) mass is 381 g/mol. The number of carbonyl (C=O) groups excluding carboxylic acids is 2. The van der Waals surface area contributed by atoms with Crippen LogP contribution < -0.4 is 10.1 Å². The molecule has 0 saturated heterocycles. The summed E-state index contributed by atoms with van der Waals surface area (Å²) in [4.78, 5) is 23.7. The van der Waals surface area contributed by atoms with Crippen molar-refractivity contribution in [1.29, 1.82) is 0 Å². The van der Waals surface area contributed by atoms with E-state index in [-0.39, 0.29) is 5.02 Å². The largest absolute Gasteiger partial charge is 0.477 e. The minimum absolute atomic E-state index is 0.282. The standard InChI is InChI=1S/C18H17Cl2NO4/c1-11-3-6-14(7-4-11)21-17(22)10-24-18(23)12(2)25-16-8-5-13(19)9-15(16)20/h3-9,12H,10H2,1-2H3,(H,21,22). The van der Waals surface area contributed by atoms with Crippen LogP contribution in [0, 0.1) is 6.92 Å². The smallest absolute Gasteiger partial charge is 0.347 e. The molecule has 1 amide bonds. The van der Waals surface area contributed by atoms with Gasteiger partial charge in [0.1, 0.15) is 5.75 Å². The van der Waals surface area contributed by atoms with Gasteiger partial charge in [-0.05, 0) is 44.2 Å². The molecular formula is C18H17Cl2NO4. The number of amides is 1. The maximum absolute atomic E-state index is 11.9. The van der Waals surface area contributed by atoms with Crippen LogP contribution >= 0.6 is 23.2 Å². The normalized spacial score (nSPS) is 11.5. The van der Waals surface area contributed by atoms with Crippen molar-refractivity contribution in [3.05, 3.63) is 58.1 Å². The molecule has 0 aromatic heterocycles. The number of anilines is 1. The molecule has 132 valence electrons. The van der Waals surface area contributed by atoms with Crippen molar-refractivity contribution >= 4 is 40.8 Å². The lowest BCUT2D eigenvalue weighted by molar-refractivity contribution is -0.153. The molecule has 7 heteroatoms. The fourth-order valence-corrected chi connectivity index (χ4v) is 2.35. The van der Waals surface area contributed by atoms with Crippen LogP contribution in [0.25, 0.3) is 0 Å². The first kappa shape index (κ1) is 19.1. The zero-order valence-electron chi connectivity index (χ0n) is 13.7. The minimum atomic E-state index is -0.925. The lowest BCUT2D eigenvalue weighted by Crippen LogP contribution is -2.29. The second-order valence-corrected chi connectivity index (χ2v) is 6.20. The molecular weight excluding hydrogens is 365 g/mol. The van der Waals surface area contributed by atoms with Gasteiger partial charge >= 0.3 is 5.97 Å². The van der Waals surface area contributed by atoms with Crippen molar-refractivity contribution in [2.24, 2.45) is 0 Å². The van der Waals surface area contributed by atoms with E-state index in [1.54, 1.807) is 24.3 Å². The predicted octanol–water partition coefficient (Wildman–Crippen LogP) is 4.25. The first-order valence-corrected chi connectivity index (χ1v) is 8.25. The Bertz CT molecular complexity index is 762. The summed E-state index contributed by atoms with van der Waals surface area (Å²) in [5.41, 5.74) is 1.71. The molecule has 0 spiro atoms. The molecule has 0 heterocycles. The van der Waals surface area contributed by atoms with Crippen LogP contribution in [0.2, 0.25) is 10.0 Å². The van der Waals surface area contributed by atoms with E-state index in [9.17, 15) is 9.59 Å². The quantitative estimate of drug-likeness (QED) is 0.759. The average molecular weight is 382 g/mol. The van der Waals surface area contributed by atoms with Crippen LogP contribution in [0.15, 0.2) is 42.5 Å². The Balaban J connectivity index is 1.82. The number of hydrogen-bond acceptors (Lipinski definition) is 4. The first-order chi connectivity index (χ1) is 11.8. The Labute approximate surface area is 155 Å². The molecule has 1 unspecified atom stereocenters. The van der Waals surface area contributed by atoms with Gasteiger partial charge in [0.05, 0.1) is 5.02 Å². The minimum Gasteiger partial charge on any atom is -0.477 e. The third-order valence-electron chi connectivity index (χ3n) is 3.21. The lowest BCUT2D eigenvalue weighted by atomic mass is 10.2. The molecule has 0 aliphatic carbocycles. The van der Waals surface area contributed by atoms with E-state index in [4.69, 9.17) is 32.7 Å². The number of halogens is 2. The lowest BCUT2D eigenvalue weighted by Gasteiger charge is -2.15. The van der Waals surface area contributed by atoms with E-state index in [0.29, 0.717) is 16.5 Å². The summed E-state index contributed by atoms with van der Waals surface area (Å²) < 4.78 is 10.4. The van der Waals surface area contributed by atoms with Crippen molar-refractivity contribution in [3.8, 4) is 5.75 Å². The van der Waals surface area contributed by atoms with Crippen LogP contribution in [0.1, 0.15) is 12.5 Å². The second kappa shape index (κ2) is 8.74. The van der Waals surface area contributed by atoms with Gasteiger partial charge in [0.25, 0.3) is 5.91 Å². The highest BCUT2D eigenvalue weighted by atomic mass is 35.5. The maximum atomic E-state index is 11.9. The number of rotatable bonds is 6. The molecule has 0 aliphatic rings. The molecule has 1 atom stereocenters. The summed E-state index contributed by atoms with van der Waals surface area (Å²) >= 11 is 11.8. The molecule has 0 aliphatic heterocycles. The highest BCUT2D eigenvalue weighted by Crippen LogP contribution is 2.28. The zero-order valence-corrected chi connectivity index (χ0v) is 15.2. The van der Waals surface area contributed by atoms with Gasteiger partial charge in [0.15, 0.2) is 12.7 Å². The van der Waals surface area contributed by atoms with Gasteiger partial charge in [-0.3, -0.25) is 4.79 Å². The average Bonchev–Trinajstić information content (AvgIpc) is 2.57. The van der Waals surface area contributed by atoms with E-state index in [0.717, 1.165) is 5.56 Å². The molecule has 2 rings (SSSR count). The van der Waals surface area contributed by atoms with Crippen LogP contribution in [-0.2, 0) is 14.3 Å². The van der Waals surface area contributed by atoms with Crippen molar-refractivity contribution in [2.45, 2.75) is 20.0 Å². The summed E-state index contributed by atoms with van der Waals surface area (Å²) in [6, 6.07) is 11.9. The molecule has 0 saturated carbocycles. The second-order valence-electron chi connectivity index (χ2n) is 5.36. The number of aryl methyl sites for hydroxylation is 1. The number of nitrogens with one attached hydrogen (secondary N) is 1. The number of ether oxygens (including phenoxy) is 2. The third kappa shape index (κ3) is 5.96. The zero-order chi connectivity index (χ0) is 18.4. The summed E-state index contributed by atoms with van der Waals surface area (Å²) in [5, 5.41) is 3.38. The fourth-order valence-electron chi connectivity index (χ4n) is 1.90. The topological polar surface area (TPSA) is 64.6 Å². The van der Waals surface area contributed by atoms with E-state index in [2.05, 4.69) is 5.32 Å². The van der Waals surface area contributed by atoms with Crippen molar-refractivity contribution in [2.75, 3.05) is 11.9 Å². The van der Waals surface area contributed by atoms with Gasteiger partial charge in [-0.15, -0.1) is 0 Å². The SMILES string of the molecule is Cc1ccc(NC(=O)COC(=O)C(C)Oc2ccc(Cl)cc2Cl)cc1. The van der Waals surface area contributed by atoms with E-state index in [1.807, 2.05) is 19.1 Å². The van der Waals surface area contributed by atoms with Crippen LogP contribution in [0.3, 0.4) is 0 Å². The molecule has 2 aromatic carbocycles. The van der Waals surface area contributed by atoms with Crippen molar-refractivity contribution < 1.29 is 19.1 Å². The van der Waals surface area contributed by atoms with E-state index < -0.39 is 24.6 Å². The van der Waals surface area contributed by atoms with Gasteiger partial charge in [0.2, 0.25) is 0 Å². The molecule has 0 radical (unpaired) electrons. The molecule has 25 heavy (non-hydrogen) atoms. The Morgan fingerprint density at radius 3 is 2.44 bits per heavy atom. The first-order valence-electron chi connectivity index (χ1n) is 7.50. The Morgan fingerprint density at radius 2 is 1.80 bits per heavy atom. The molecule has 1 N–H and O–H groups in total. The van der Waals surface area contributed by atoms with Gasteiger partial charge in [-0.25, -0.2) is 4.79 Å². The summed E-state index contributed by atoms with van der Waals surface area (Å²) in [6.07, 6.45) is -0.925. The van der Waals surface area contributed by atoms with E-state index >= 15 is 0 Å². The van der Waals surface area contributed by atoms with Gasteiger partial charge in [-0.1, -0.05) is 40.9 Å².